The van der Waals surface area contributed by atoms with Gasteiger partial charge in [-0.2, -0.15) is 9.36 Å². The van der Waals surface area contributed by atoms with Gasteiger partial charge in [0.25, 0.3) is 0 Å². The minimum atomic E-state index is -0.667. The van der Waals surface area contributed by atoms with Gasteiger partial charge in [0.2, 0.25) is 10.3 Å². The van der Waals surface area contributed by atoms with Gasteiger partial charge in [0.1, 0.15) is 29.0 Å². The molecule has 0 saturated carbocycles. The van der Waals surface area contributed by atoms with Crippen molar-refractivity contribution in [3.63, 3.8) is 0 Å². The number of hydrogen-bond donors (Lipinski definition) is 4. The van der Waals surface area contributed by atoms with Gasteiger partial charge >= 0.3 is 18.1 Å². The number of anilines is 4. The average molecular weight is 803 g/mol. The molecule has 0 fully saturated rings. The summed E-state index contributed by atoms with van der Waals surface area (Å²) in [6.07, 6.45) is 0.648. The maximum atomic E-state index is 13.8. The number of benzene rings is 4. The number of methoxy groups -OCH3 is 3. The van der Waals surface area contributed by atoms with Gasteiger partial charge in [-0.3, -0.25) is 20.2 Å². The second kappa shape index (κ2) is 18.9. The number of aromatic nitrogens is 4. The first-order valence-corrected chi connectivity index (χ1v) is 17.9. The van der Waals surface area contributed by atoms with E-state index in [9.17, 15) is 28.0 Å². The zero-order valence-electron chi connectivity index (χ0n) is 30.0. The molecule has 0 aliphatic heterocycles. The molecule has 0 spiro atoms. The second-order valence-corrected chi connectivity index (χ2v) is 12.6. The number of carbonyl (C=O) groups is 4. The molecule has 0 saturated heterocycles. The predicted octanol–water partition coefficient (Wildman–Crippen LogP) is 7.69. The van der Waals surface area contributed by atoms with Crippen LogP contribution < -0.4 is 35.5 Å². The highest BCUT2D eigenvalue weighted by Crippen LogP contribution is 2.28. The highest BCUT2D eigenvalue weighted by Gasteiger charge is 2.22. The van der Waals surface area contributed by atoms with Gasteiger partial charge in [-0.1, -0.05) is 31.2 Å². The molecule has 4 amide bonds. The number of nitrogens with zero attached hydrogens (tertiary/aromatic N) is 4. The molecule has 19 heteroatoms. The number of ketones is 2. The molecular formula is C37H32F2N8O7S2. The van der Waals surface area contributed by atoms with E-state index in [0.717, 1.165) is 47.3 Å². The van der Waals surface area contributed by atoms with Gasteiger partial charge in [-0.25, -0.2) is 23.4 Å². The summed E-state index contributed by atoms with van der Waals surface area (Å²) in [5.74, 6) is -0.865. The van der Waals surface area contributed by atoms with Gasteiger partial charge in [0.15, 0.2) is 11.6 Å². The minimum Gasteiger partial charge on any atom is -0.496 e. The summed E-state index contributed by atoms with van der Waals surface area (Å²) in [5.41, 5.74) is 0.783. The van der Waals surface area contributed by atoms with Crippen molar-refractivity contribution in [3.05, 3.63) is 125 Å². The number of carbonyl (C=O) groups excluding carboxylic acids is 4. The van der Waals surface area contributed by atoms with Crippen LogP contribution in [-0.4, -0.2) is 63.7 Å². The average Bonchev–Trinajstić information content (AvgIpc) is 3.87. The first-order chi connectivity index (χ1) is 27.0. The molecule has 0 atom stereocenters. The van der Waals surface area contributed by atoms with Crippen LogP contribution in [0.25, 0.3) is 0 Å². The minimum absolute atomic E-state index is 0.00570. The summed E-state index contributed by atoms with van der Waals surface area (Å²) >= 11 is 1.98. The summed E-state index contributed by atoms with van der Waals surface area (Å²) in [7, 11) is 4.28. The fourth-order valence-electron chi connectivity index (χ4n) is 4.87. The molecule has 6 aromatic rings. The lowest BCUT2D eigenvalue weighted by molar-refractivity contribution is 0.102. The molecule has 288 valence electrons. The Morgan fingerprint density at radius 3 is 1.48 bits per heavy atom. The summed E-state index contributed by atoms with van der Waals surface area (Å²) in [6, 6.07) is 19.1. The van der Waals surface area contributed by atoms with E-state index in [-0.39, 0.29) is 44.8 Å². The second-order valence-electron chi connectivity index (χ2n) is 11.1. The topological polar surface area (TPSA) is 196 Å². The number of halogens is 2. The van der Waals surface area contributed by atoms with Gasteiger partial charge in [-0.05, 0) is 60.7 Å². The van der Waals surface area contributed by atoms with Crippen LogP contribution in [0.4, 0.5) is 40.0 Å². The molecule has 15 nitrogen and oxygen atoms in total. The Morgan fingerprint density at radius 1 is 0.589 bits per heavy atom. The number of nitrogens with one attached hydrogen (secondary N) is 4. The number of ether oxygens (including phenoxy) is 3. The Balaban J connectivity index is 0.000000214. The van der Waals surface area contributed by atoms with Crippen LogP contribution in [0, 0.1) is 11.6 Å². The summed E-state index contributed by atoms with van der Waals surface area (Å²) < 4.78 is 50.8. The van der Waals surface area contributed by atoms with Crippen molar-refractivity contribution in [1.82, 2.24) is 18.7 Å². The van der Waals surface area contributed by atoms with Crippen LogP contribution in [0.1, 0.15) is 44.6 Å². The number of para-hydroxylation sites is 2. The molecule has 0 unspecified atom stereocenters. The van der Waals surface area contributed by atoms with E-state index < -0.39 is 35.3 Å². The van der Waals surface area contributed by atoms with E-state index in [1.807, 2.05) is 6.92 Å². The third-order valence-corrected chi connectivity index (χ3v) is 8.75. The molecule has 4 aromatic carbocycles. The van der Waals surface area contributed by atoms with Crippen molar-refractivity contribution >= 4 is 68.3 Å². The zero-order chi connectivity index (χ0) is 40.2. The van der Waals surface area contributed by atoms with Crippen LogP contribution in [0.2, 0.25) is 0 Å². The van der Waals surface area contributed by atoms with Crippen molar-refractivity contribution in [1.29, 1.82) is 0 Å². The number of hydrogen-bond acceptors (Lipinski definition) is 13. The Bertz CT molecular complexity index is 2210. The number of amides is 4. The molecule has 2 heterocycles. The Morgan fingerprint density at radius 2 is 1.05 bits per heavy atom. The molecule has 2 aromatic heterocycles. The Labute approximate surface area is 326 Å². The fourth-order valence-corrected chi connectivity index (χ4v) is 6.06. The van der Waals surface area contributed by atoms with Gasteiger partial charge < -0.3 is 24.8 Å². The summed E-state index contributed by atoms with van der Waals surface area (Å²) in [5, 5.41) is 10.6. The van der Waals surface area contributed by atoms with E-state index in [2.05, 4.69) is 40.0 Å². The molecule has 4 N–H and O–H groups in total. The highest BCUT2D eigenvalue weighted by atomic mass is 32.1. The Kier molecular flexibility index (Phi) is 13.6. The zero-order valence-corrected chi connectivity index (χ0v) is 31.6. The van der Waals surface area contributed by atoms with Crippen molar-refractivity contribution in [2.24, 2.45) is 0 Å². The monoisotopic (exact) mass is 802 g/mol. The standard InChI is InChI=1S/C19H17FN4O3S.C18H15FN4O4S/c1-3-16-22-19(28-24-16)23-18(26)21-14-9-8-11(20)10-13(14)17(25)12-6-4-5-7-15(12)27-2;1-26-14-6-4-3-5-11(14)15(24)12-9-10(19)7-8-13(12)20-16(25)21-18-22-17(27-2)23-28-18/h4-10H,3H2,1-2H3,(H2,21,22,23,24,26);3-9H,1-2H3,(H2,20,21,22,23,25). The molecule has 0 radical (unpaired) electrons. The number of urea groups is 2. The molecule has 0 aliphatic carbocycles. The van der Waals surface area contributed by atoms with E-state index in [1.54, 1.807) is 48.5 Å². The molecule has 6 rings (SSSR count). The van der Waals surface area contributed by atoms with Crippen molar-refractivity contribution < 1.29 is 42.2 Å². The van der Waals surface area contributed by atoms with Crippen LogP contribution in [0.5, 0.6) is 17.5 Å². The normalized spacial score (nSPS) is 10.3. The van der Waals surface area contributed by atoms with Crippen LogP contribution >= 0.6 is 23.1 Å². The fraction of sp³-hybridized carbons (Fsp3) is 0.135. The number of aryl methyl sites for hydroxylation is 1. The predicted molar refractivity (Wildman–Crippen MR) is 207 cm³/mol. The van der Waals surface area contributed by atoms with E-state index in [0.29, 0.717) is 28.9 Å². The lowest BCUT2D eigenvalue weighted by Crippen LogP contribution is -2.21. The van der Waals surface area contributed by atoms with Gasteiger partial charge in [-0.15, -0.1) is 4.37 Å². The van der Waals surface area contributed by atoms with Crippen LogP contribution in [0.15, 0.2) is 84.9 Å². The third kappa shape index (κ3) is 10.2. The molecular weight excluding hydrogens is 771 g/mol. The lowest BCUT2D eigenvalue weighted by atomic mass is 10.0. The maximum Gasteiger partial charge on any atom is 0.329 e. The SMILES string of the molecule is CCc1nsc(NC(=O)Nc2ccc(F)cc2C(=O)c2ccccc2OC)n1.COc1nsc(NC(=O)Nc2ccc(F)cc2C(=O)c2ccccc2OC)n1. The van der Waals surface area contributed by atoms with Gasteiger partial charge in [0, 0.05) is 40.6 Å². The van der Waals surface area contributed by atoms with Gasteiger partial charge in [0.05, 0.1) is 43.8 Å². The first kappa shape index (κ1) is 40.3. The third-order valence-electron chi connectivity index (χ3n) is 7.47. The van der Waals surface area contributed by atoms with E-state index >= 15 is 0 Å². The smallest absolute Gasteiger partial charge is 0.329 e. The van der Waals surface area contributed by atoms with Crippen LogP contribution in [-0.2, 0) is 6.42 Å². The summed E-state index contributed by atoms with van der Waals surface area (Å²) in [6.45, 7) is 1.90. The quantitative estimate of drug-likeness (QED) is 0.0886. The maximum absolute atomic E-state index is 13.8. The molecule has 0 bridgehead atoms. The van der Waals surface area contributed by atoms with Crippen molar-refractivity contribution in [2.75, 3.05) is 42.6 Å². The Hall–Kier alpha value is -6.86. The highest BCUT2D eigenvalue weighted by molar-refractivity contribution is 7.10. The lowest BCUT2D eigenvalue weighted by Gasteiger charge is -2.12. The van der Waals surface area contributed by atoms with Crippen LogP contribution in [0.3, 0.4) is 0 Å². The molecule has 0 aliphatic rings. The van der Waals surface area contributed by atoms with Crippen molar-refractivity contribution in [2.45, 2.75) is 13.3 Å². The number of rotatable bonds is 12. The largest absolute Gasteiger partial charge is 0.496 e. The van der Waals surface area contributed by atoms with E-state index in [4.69, 9.17) is 14.2 Å². The van der Waals surface area contributed by atoms with E-state index in [1.165, 1.54) is 33.5 Å². The van der Waals surface area contributed by atoms with Crippen molar-refractivity contribution in [3.8, 4) is 17.5 Å². The summed E-state index contributed by atoms with van der Waals surface area (Å²) in [4.78, 5) is 58.5. The molecule has 56 heavy (non-hydrogen) atoms. The first-order valence-electron chi connectivity index (χ1n) is 16.3.